The van der Waals surface area contributed by atoms with Gasteiger partial charge in [-0.1, -0.05) is 236 Å². The maximum absolute atomic E-state index is 14.4. The molecule has 13 amide bonds. The Morgan fingerprint density at radius 1 is 0.390 bits per heavy atom. The van der Waals surface area contributed by atoms with E-state index in [1.54, 1.807) is 56.2 Å². The van der Waals surface area contributed by atoms with Crippen LogP contribution in [0.15, 0.2) is 0 Å². The van der Waals surface area contributed by atoms with Crippen LogP contribution in [0.25, 0.3) is 0 Å². The Hall–Kier alpha value is -7.89. The zero-order chi connectivity index (χ0) is 101. The number of ketones is 3. The molecule has 6 aliphatic heterocycles. The number of nitrogens with one attached hydrogen (secondary N) is 10. The van der Waals surface area contributed by atoms with E-state index in [2.05, 4.69) is 94.7 Å². The SMILES string of the molecule is CCCNC(=O)C(=O)[C@@H]1CCCCCCCCC[C@H](N)C(=O)N2C[C@H]3[C@@H]([C@H]2C(=O)N1)C3(C)C.CCCNC(=O)C(=O)[C@@H]1CCCCCCCCC[C@H](NC(=O)NC2(CS(=O)(=O)C(C)(C)C)CCCCC2)C(=O)N2C[C@H]3[C@@H]([C@H]2C(=O)N1)C3(C)C.CCCNC(=O)C(=O)[C@@H]1CCCCCCCCC[C@H](NC(=O)NC2(CS(=O)(=O)C(C)(C)C)CCCCC2)C(=O)N2C[C@H]3[C@@H]([C@H]2C(=O)N1)C3(C)C.O=CO. The minimum atomic E-state index is -3.55. The predicted octanol–water partition coefficient (Wildman–Crippen LogP) is 9.92. The average molecular weight is 1950 g/mol. The number of urea groups is 2. The van der Waals surface area contributed by atoms with Gasteiger partial charge in [0.05, 0.1) is 56.2 Å². The van der Waals surface area contributed by atoms with Gasteiger partial charge in [-0.25, -0.2) is 26.4 Å². The zero-order valence-electron chi connectivity index (χ0n) is 84.6. The number of carboxylic acid groups (broad SMARTS) is 1. The number of carbonyl (C=O) groups excluding carboxylic acids is 14. The molecule has 136 heavy (non-hydrogen) atoms. The van der Waals surface area contributed by atoms with Crippen molar-refractivity contribution >= 4 is 109 Å². The second-order valence-corrected chi connectivity index (χ2v) is 50.3. The molecule has 0 aromatic carbocycles. The highest BCUT2D eigenvalue weighted by Crippen LogP contribution is 2.67. The van der Waals surface area contributed by atoms with E-state index in [9.17, 15) is 84.0 Å². The normalized spacial score (nSPS) is 29.5. The molecule has 0 aromatic rings. The van der Waals surface area contributed by atoms with Gasteiger partial charge >= 0.3 is 12.1 Å². The number of hydrogen-bond donors (Lipinski definition) is 12. The van der Waals surface area contributed by atoms with Gasteiger partial charge < -0.3 is 78.7 Å². The summed E-state index contributed by atoms with van der Waals surface area (Å²) in [5, 5.41) is 35.4. The molecule has 6 heterocycles. The van der Waals surface area contributed by atoms with Crippen LogP contribution in [-0.4, -0.2) is 251 Å². The number of sulfone groups is 2. The fourth-order valence-electron chi connectivity index (χ4n) is 22.6. The maximum atomic E-state index is 14.4. The summed E-state index contributed by atoms with van der Waals surface area (Å²) in [4.78, 5) is 202. The molecule has 11 rings (SSSR count). The minimum absolute atomic E-state index is 0.0261. The maximum Gasteiger partial charge on any atom is 0.315 e. The first kappa shape index (κ1) is 113. The van der Waals surface area contributed by atoms with Crippen LogP contribution < -0.4 is 58.9 Å². The van der Waals surface area contributed by atoms with Crippen molar-refractivity contribution in [2.45, 2.75) is 436 Å². The summed E-state index contributed by atoms with van der Waals surface area (Å²) in [6.07, 6.45) is 31.0. The van der Waals surface area contributed by atoms with E-state index in [0.29, 0.717) is 142 Å². The number of nitrogens with zero attached hydrogens (tertiary/aromatic N) is 3. The molecule has 36 heteroatoms. The zero-order valence-corrected chi connectivity index (χ0v) is 86.3. The smallest absolute Gasteiger partial charge is 0.315 e. The van der Waals surface area contributed by atoms with Gasteiger partial charge in [0.15, 0.2) is 19.7 Å². The first-order chi connectivity index (χ1) is 64.0. The van der Waals surface area contributed by atoms with Crippen LogP contribution in [0.5, 0.6) is 0 Å². The summed E-state index contributed by atoms with van der Waals surface area (Å²) in [5.74, 6) is -6.17. The molecule has 6 saturated heterocycles. The van der Waals surface area contributed by atoms with Crippen molar-refractivity contribution in [3.05, 3.63) is 0 Å². The molecule has 5 saturated carbocycles. The third kappa shape index (κ3) is 29.6. The van der Waals surface area contributed by atoms with E-state index < -0.39 is 154 Å². The van der Waals surface area contributed by atoms with Gasteiger partial charge in [-0.2, -0.15) is 0 Å². The van der Waals surface area contributed by atoms with Crippen LogP contribution >= 0.6 is 0 Å². The first-order valence-electron chi connectivity index (χ1n) is 51.7. The van der Waals surface area contributed by atoms with Crippen molar-refractivity contribution < 1.29 is 93.9 Å². The molecular formula is C100H170N14O20S2. The van der Waals surface area contributed by atoms with Gasteiger partial charge in [0.25, 0.3) is 24.2 Å². The molecule has 772 valence electrons. The van der Waals surface area contributed by atoms with Gasteiger partial charge in [-0.15, -0.1) is 0 Å². The molecule has 34 nitrogen and oxygen atoms in total. The molecule has 15 atom stereocenters. The number of nitrogens with two attached hydrogens (primary N) is 1. The summed E-state index contributed by atoms with van der Waals surface area (Å²) in [5.41, 5.74) is 4.01. The van der Waals surface area contributed by atoms with Crippen LogP contribution in [-0.2, 0) is 82.0 Å². The lowest BCUT2D eigenvalue weighted by Gasteiger charge is -2.40. The van der Waals surface area contributed by atoms with Crippen LogP contribution in [0.2, 0.25) is 0 Å². The van der Waals surface area contributed by atoms with Crippen molar-refractivity contribution in [3.63, 3.8) is 0 Å². The van der Waals surface area contributed by atoms with Gasteiger partial charge in [0.1, 0.15) is 30.2 Å². The number of amides is 13. The third-order valence-corrected chi connectivity index (χ3v) is 37.2. The first-order valence-corrected chi connectivity index (χ1v) is 55.0. The second-order valence-electron chi connectivity index (χ2n) is 44.8. The number of carbonyl (C=O) groups is 15. The van der Waals surface area contributed by atoms with Crippen LogP contribution in [0.4, 0.5) is 9.59 Å². The highest BCUT2D eigenvalue weighted by Gasteiger charge is 2.72. The molecule has 0 spiro atoms. The Kier molecular flexibility index (Phi) is 41.7. The van der Waals surface area contributed by atoms with Crippen molar-refractivity contribution in [1.29, 1.82) is 0 Å². The van der Waals surface area contributed by atoms with Crippen LogP contribution in [0.1, 0.15) is 361 Å². The molecule has 0 unspecified atom stereocenters. The minimum Gasteiger partial charge on any atom is -0.483 e. The molecule has 13 N–H and O–H groups in total. The fourth-order valence-corrected chi connectivity index (χ4v) is 25.6. The second kappa shape index (κ2) is 50.0. The van der Waals surface area contributed by atoms with E-state index in [-0.39, 0.29) is 93.4 Å². The summed E-state index contributed by atoms with van der Waals surface area (Å²) in [7, 11) is -7.09. The largest absolute Gasteiger partial charge is 0.483 e. The van der Waals surface area contributed by atoms with Crippen molar-refractivity contribution in [2.75, 3.05) is 50.8 Å². The van der Waals surface area contributed by atoms with E-state index in [4.69, 9.17) is 15.6 Å². The molecule has 11 aliphatic rings. The standard InChI is InChI=1S/2C37H63N5O7S.C25H42N4O4.CH2O2/c2*1-7-22-38-32(45)30(43)26-18-14-11-9-8-10-12-15-19-27(33(46)42-23-25-28(36(25,5)6)29(42)31(44)39-26)40-34(47)41-37(20-16-13-17-21-37)24-50(48,49)35(2,3)4;1-4-14-27-23(32)21(30)18-13-11-9-7-5-6-8-10-12-17(26)24(33)29-15-16-19(25(16,2)3)20(29)22(31)28-18;2-1-3/h2*25-29H,7-24H2,1-6H3,(H,38,45)(H,39,44)(H2,40,41,47);16-20H,4-15,26H2,1-3H3,(H,27,32)(H,28,31);1H,(H,2,3)/t2*25-,26-,27-,28-,29-;16-,17-,18-,19-,20-;/m000./s1. The summed E-state index contributed by atoms with van der Waals surface area (Å²) in [6.45, 7) is 30.4. The van der Waals surface area contributed by atoms with Gasteiger partial charge in [-0.3, -0.25) is 62.3 Å². The van der Waals surface area contributed by atoms with Crippen molar-refractivity contribution in [1.82, 2.24) is 67.9 Å². The van der Waals surface area contributed by atoms with Gasteiger partial charge in [-0.05, 0) is 177 Å². The highest BCUT2D eigenvalue weighted by atomic mass is 32.2. The number of rotatable bonds is 20. The lowest BCUT2D eigenvalue weighted by Crippen LogP contribution is -2.62. The van der Waals surface area contributed by atoms with E-state index in [1.807, 2.05) is 20.8 Å². The third-order valence-electron chi connectivity index (χ3n) is 31.6. The molecular weight excluding hydrogens is 1780 g/mol. The summed E-state index contributed by atoms with van der Waals surface area (Å²) >= 11 is 0. The number of hydrogen-bond acceptors (Lipinski definition) is 20. The lowest BCUT2D eigenvalue weighted by atomic mass is 9.83. The number of Topliss-reactive ketones (excluding diaryl/α,β-unsaturated/α-hetero) is 3. The molecule has 11 fully saturated rings. The van der Waals surface area contributed by atoms with Crippen LogP contribution in [0, 0.1) is 51.8 Å². The average Bonchev–Trinajstić information content (AvgIpc) is 1.54. The Balaban J connectivity index is 0.000000252. The molecule has 0 radical (unpaired) electrons. The molecule has 0 aromatic heterocycles. The lowest BCUT2D eigenvalue weighted by molar-refractivity contribution is -0.144. The number of fused-ring (bicyclic) bond motifs is 9. The summed E-state index contributed by atoms with van der Waals surface area (Å²) < 4.78 is 51.4. The van der Waals surface area contributed by atoms with Crippen LogP contribution in [0.3, 0.4) is 0 Å². The van der Waals surface area contributed by atoms with E-state index in [1.165, 1.54) is 0 Å². The van der Waals surface area contributed by atoms with E-state index >= 15 is 0 Å². The highest BCUT2D eigenvalue weighted by molar-refractivity contribution is 7.93. The number of piperidine rings is 3. The van der Waals surface area contributed by atoms with Crippen molar-refractivity contribution in [2.24, 2.45) is 57.5 Å². The molecule has 5 aliphatic carbocycles. The van der Waals surface area contributed by atoms with E-state index in [0.717, 1.165) is 154 Å². The van der Waals surface area contributed by atoms with Gasteiger partial charge in [0, 0.05) is 39.3 Å². The Morgan fingerprint density at radius 2 is 0.625 bits per heavy atom. The quantitative estimate of drug-likeness (QED) is 0.0398. The van der Waals surface area contributed by atoms with Crippen molar-refractivity contribution in [3.8, 4) is 0 Å². The Labute approximate surface area is 809 Å². The molecule has 0 bridgehead atoms. The monoisotopic (exact) mass is 1950 g/mol. The Bertz CT molecular complexity index is 4180. The van der Waals surface area contributed by atoms with Gasteiger partial charge in [0.2, 0.25) is 52.8 Å². The fraction of sp³-hybridized carbons (Fsp3) is 0.850. The predicted molar refractivity (Wildman–Crippen MR) is 520 cm³/mol. The Morgan fingerprint density at radius 3 is 0.882 bits per heavy atom. The summed E-state index contributed by atoms with van der Waals surface area (Å²) in [6, 6.07) is -8.70. The topological polar surface area (TPSA) is 501 Å².